The van der Waals surface area contributed by atoms with Crippen LogP contribution in [-0.2, 0) is 4.79 Å². The first kappa shape index (κ1) is 18.1. The van der Waals surface area contributed by atoms with Gasteiger partial charge in [-0.25, -0.2) is 0 Å². The van der Waals surface area contributed by atoms with E-state index in [0.717, 1.165) is 22.4 Å². The number of nitrogens with zero attached hydrogens (tertiary/aromatic N) is 5. The SMILES string of the molecule is Cc1cccc(-n2nnnc2S[C@@H](C(=O)N(C)C)c2ccccc2)c1C. The zero-order valence-electron chi connectivity index (χ0n) is 15.2. The molecule has 1 heterocycles. The number of thioether (sulfide) groups is 1. The summed E-state index contributed by atoms with van der Waals surface area (Å²) < 4.78 is 1.70. The van der Waals surface area contributed by atoms with Crippen molar-refractivity contribution in [2.75, 3.05) is 14.1 Å². The van der Waals surface area contributed by atoms with Crippen molar-refractivity contribution in [2.24, 2.45) is 0 Å². The van der Waals surface area contributed by atoms with Crippen LogP contribution < -0.4 is 0 Å². The number of carbonyl (C=O) groups is 1. The standard InChI is InChI=1S/C19H21N5OS/c1-13-9-8-12-16(14(13)2)24-19(20-21-22-24)26-17(18(25)23(3)4)15-10-6-5-7-11-15/h5-12,17H,1-4H3/t17-/m1/s1. The second kappa shape index (κ2) is 7.70. The van der Waals surface area contributed by atoms with Gasteiger partial charge in [-0.15, -0.1) is 5.10 Å². The first-order valence-corrected chi connectivity index (χ1v) is 9.14. The lowest BCUT2D eigenvalue weighted by molar-refractivity contribution is -0.128. The summed E-state index contributed by atoms with van der Waals surface area (Å²) in [6.07, 6.45) is 0. The van der Waals surface area contributed by atoms with E-state index in [1.165, 1.54) is 11.8 Å². The van der Waals surface area contributed by atoms with Crippen molar-refractivity contribution in [1.82, 2.24) is 25.1 Å². The van der Waals surface area contributed by atoms with Crippen molar-refractivity contribution in [3.63, 3.8) is 0 Å². The molecule has 0 unspecified atom stereocenters. The topological polar surface area (TPSA) is 63.9 Å². The monoisotopic (exact) mass is 367 g/mol. The number of tetrazole rings is 1. The van der Waals surface area contributed by atoms with Crippen LogP contribution >= 0.6 is 11.8 Å². The maximum atomic E-state index is 12.8. The molecule has 0 saturated carbocycles. The summed E-state index contributed by atoms with van der Waals surface area (Å²) in [7, 11) is 3.51. The number of carbonyl (C=O) groups excluding carboxylic acids is 1. The smallest absolute Gasteiger partial charge is 0.240 e. The van der Waals surface area contributed by atoms with E-state index in [1.807, 2.05) is 49.4 Å². The molecule has 3 aromatic rings. The van der Waals surface area contributed by atoms with Crippen LogP contribution in [0.1, 0.15) is 21.9 Å². The molecule has 0 spiro atoms. The normalized spacial score (nSPS) is 12.0. The Bertz CT molecular complexity index is 907. The van der Waals surface area contributed by atoms with E-state index < -0.39 is 5.25 Å². The molecule has 0 radical (unpaired) electrons. The van der Waals surface area contributed by atoms with Crippen LogP contribution in [-0.4, -0.2) is 45.1 Å². The van der Waals surface area contributed by atoms with E-state index in [4.69, 9.17) is 0 Å². The molecule has 0 aliphatic carbocycles. The highest BCUT2D eigenvalue weighted by Gasteiger charge is 2.26. The number of aromatic nitrogens is 4. The Morgan fingerprint density at radius 2 is 1.81 bits per heavy atom. The summed E-state index contributed by atoms with van der Waals surface area (Å²) in [5.41, 5.74) is 4.11. The zero-order valence-corrected chi connectivity index (χ0v) is 16.1. The van der Waals surface area contributed by atoms with Gasteiger partial charge >= 0.3 is 0 Å². The number of likely N-dealkylation sites (N-methyl/N-ethyl adjacent to an activating group) is 1. The maximum Gasteiger partial charge on any atom is 0.240 e. The first-order valence-electron chi connectivity index (χ1n) is 8.26. The zero-order chi connectivity index (χ0) is 18.7. The highest BCUT2D eigenvalue weighted by molar-refractivity contribution is 8.00. The molecule has 6 nitrogen and oxygen atoms in total. The van der Waals surface area contributed by atoms with E-state index >= 15 is 0 Å². The summed E-state index contributed by atoms with van der Waals surface area (Å²) in [5.74, 6) is -0.00304. The van der Waals surface area contributed by atoms with Crippen LogP contribution in [0.4, 0.5) is 0 Å². The van der Waals surface area contributed by atoms with Gasteiger partial charge < -0.3 is 4.90 Å². The molecule has 0 N–H and O–H groups in total. The molecule has 7 heteroatoms. The van der Waals surface area contributed by atoms with Crippen molar-refractivity contribution in [3.8, 4) is 5.69 Å². The Morgan fingerprint density at radius 3 is 2.50 bits per heavy atom. The van der Waals surface area contributed by atoms with Gasteiger partial charge in [-0.05, 0) is 47.0 Å². The van der Waals surface area contributed by atoms with Gasteiger partial charge in [-0.1, -0.05) is 54.2 Å². The molecular weight excluding hydrogens is 346 g/mol. The minimum absolute atomic E-state index is 0.00304. The molecular formula is C19H21N5OS. The summed E-state index contributed by atoms with van der Waals surface area (Å²) in [5, 5.41) is 12.3. The second-order valence-electron chi connectivity index (χ2n) is 6.23. The van der Waals surface area contributed by atoms with Crippen LogP contribution in [0.5, 0.6) is 0 Å². The van der Waals surface area contributed by atoms with Gasteiger partial charge in [0.05, 0.1) is 5.69 Å². The van der Waals surface area contributed by atoms with E-state index in [0.29, 0.717) is 5.16 Å². The maximum absolute atomic E-state index is 12.8. The Hall–Kier alpha value is -2.67. The average molecular weight is 367 g/mol. The van der Waals surface area contributed by atoms with Gasteiger partial charge in [0.2, 0.25) is 11.1 Å². The number of amides is 1. The molecule has 0 aliphatic rings. The van der Waals surface area contributed by atoms with Crippen molar-refractivity contribution in [2.45, 2.75) is 24.3 Å². The Morgan fingerprint density at radius 1 is 1.08 bits per heavy atom. The van der Waals surface area contributed by atoms with Crippen LogP contribution in [0.3, 0.4) is 0 Å². The van der Waals surface area contributed by atoms with E-state index in [1.54, 1.807) is 23.7 Å². The third kappa shape index (κ3) is 3.62. The fourth-order valence-electron chi connectivity index (χ4n) is 2.60. The fraction of sp³-hybridized carbons (Fsp3) is 0.263. The summed E-state index contributed by atoms with van der Waals surface area (Å²) in [6, 6.07) is 15.7. The minimum atomic E-state index is -0.416. The summed E-state index contributed by atoms with van der Waals surface area (Å²) >= 11 is 1.36. The van der Waals surface area contributed by atoms with Gasteiger partial charge in [0.1, 0.15) is 5.25 Å². The molecule has 0 saturated heterocycles. The fourth-order valence-corrected chi connectivity index (χ4v) is 3.73. The van der Waals surface area contributed by atoms with Crippen molar-refractivity contribution in [3.05, 3.63) is 65.2 Å². The third-order valence-electron chi connectivity index (χ3n) is 4.24. The summed E-state index contributed by atoms with van der Waals surface area (Å²) in [4.78, 5) is 14.4. The predicted molar refractivity (Wildman–Crippen MR) is 102 cm³/mol. The number of hydrogen-bond acceptors (Lipinski definition) is 5. The number of hydrogen-bond donors (Lipinski definition) is 0. The molecule has 0 bridgehead atoms. The van der Waals surface area contributed by atoms with Gasteiger partial charge in [-0.3, -0.25) is 4.79 Å². The van der Waals surface area contributed by atoms with Gasteiger partial charge in [0, 0.05) is 14.1 Å². The lowest BCUT2D eigenvalue weighted by Crippen LogP contribution is -2.27. The molecule has 0 fully saturated rings. The summed E-state index contributed by atoms with van der Waals surface area (Å²) in [6.45, 7) is 4.10. The average Bonchev–Trinajstić information content (AvgIpc) is 3.10. The van der Waals surface area contributed by atoms with E-state index in [2.05, 4.69) is 28.5 Å². The third-order valence-corrected chi connectivity index (χ3v) is 5.41. The molecule has 1 atom stereocenters. The number of aryl methyl sites for hydroxylation is 1. The number of benzene rings is 2. The second-order valence-corrected chi connectivity index (χ2v) is 7.31. The lowest BCUT2D eigenvalue weighted by Gasteiger charge is -2.20. The molecule has 2 aromatic carbocycles. The van der Waals surface area contributed by atoms with Crippen molar-refractivity contribution >= 4 is 17.7 Å². The van der Waals surface area contributed by atoms with Crippen molar-refractivity contribution in [1.29, 1.82) is 0 Å². The largest absolute Gasteiger partial charge is 0.348 e. The Kier molecular flexibility index (Phi) is 5.37. The van der Waals surface area contributed by atoms with Gasteiger partial charge in [0.25, 0.3) is 0 Å². The van der Waals surface area contributed by atoms with Crippen LogP contribution in [0, 0.1) is 13.8 Å². The highest BCUT2D eigenvalue weighted by Crippen LogP contribution is 2.36. The van der Waals surface area contributed by atoms with Gasteiger partial charge in [0.15, 0.2) is 0 Å². The molecule has 3 rings (SSSR count). The van der Waals surface area contributed by atoms with Gasteiger partial charge in [-0.2, -0.15) is 4.68 Å². The van der Waals surface area contributed by atoms with E-state index in [-0.39, 0.29) is 5.91 Å². The predicted octanol–water partition coefficient (Wildman–Crippen LogP) is 3.20. The Labute approximate surface area is 157 Å². The van der Waals surface area contributed by atoms with Crippen LogP contribution in [0.25, 0.3) is 5.69 Å². The van der Waals surface area contributed by atoms with Crippen LogP contribution in [0.15, 0.2) is 53.7 Å². The van der Waals surface area contributed by atoms with Crippen molar-refractivity contribution < 1.29 is 4.79 Å². The van der Waals surface area contributed by atoms with E-state index in [9.17, 15) is 4.79 Å². The quantitative estimate of drug-likeness (QED) is 0.648. The highest BCUT2D eigenvalue weighted by atomic mass is 32.2. The Balaban J connectivity index is 2.00. The molecule has 1 amide bonds. The molecule has 134 valence electrons. The molecule has 1 aromatic heterocycles. The van der Waals surface area contributed by atoms with Crippen LogP contribution in [0.2, 0.25) is 0 Å². The lowest BCUT2D eigenvalue weighted by atomic mass is 10.1. The first-order chi connectivity index (χ1) is 12.5. The molecule has 0 aliphatic heterocycles. The molecule has 26 heavy (non-hydrogen) atoms. The minimum Gasteiger partial charge on any atom is -0.348 e. The number of rotatable bonds is 5.